The van der Waals surface area contributed by atoms with Crippen LogP contribution < -0.4 is 5.32 Å². The quantitative estimate of drug-likeness (QED) is 0.720. The third-order valence-electron chi connectivity index (χ3n) is 2.87. The monoisotopic (exact) mass is 224 g/mol. The van der Waals surface area contributed by atoms with E-state index in [1.165, 1.54) is 12.8 Å². The van der Waals surface area contributed by atoms with Crippen LogP contribution in [-0.2, 0) is 6.54 Å². The lowest BCUT2D eigenvalue weighted by Crippen LogP contribution is -2.29. The summed E-state index contributed by atoms with van der Waals surface area (Å²) in [4.78, 5) is 6.55. The molecule has 1 aromatic rings. The molecule has 4 nitrogen and oxygen atoms in total. The Morgan fingerprint density at radius 3 is 2.88 bits per heavy atom. The van der Waals surface area contributed by atoms with E-state index in [0.717, 1.165) is 19.0 Å². The molecule has 0 aliphatic heterocycles. The van der Waals surface area contributed by atoms with Crippen molar-refractivity contribution < 1.29 is 0 Å². The number of unbranched alkanes of at least 4 members (excludes halogenated alkanes) is 1. The molecule has 0 spiro atoms. The number of imidazole rings is 1. The highest BCUT2D eigenvalue weighted by Crippen LogP contribution is 2.07. The molecule has 0 saturated heterocycles. The molecule has 0 amide bonds. The summed E-state index contributed by atoms with van der Waals surface area (Å²) >= 11 is 0. The number of nitrogens with zero attached hydrogens (tertiary/aromatic N) is 3. The molecule has 1 N–H and O–H groups in total. The molecule has 1 aromatic heterocycles. The summed E-state index contributed by atoms with van der Waals surface area (Å²) in [6.45, 7) is 6.39. The average molecular weight is 224 g/mol. The number of aromatic nitrogens is 2. The maximum atomic E-state index is 4.33. The van der Waals surface area contributed by atoms with Crippen LogP contribution >= 0.6 is 0 Å². The Hall–Kier alpha value is -1.03. The normalized spacial score (nSPS) is 13.1. The number of hydrogen-bond donors (Lipinski definition) is 1. The predicted octanol–water partition coefficient (Wildman–Crippen LogP) is 2.05. The molecule has 1 unspecified atom stereocenters. The van der Waals surface area contributed by atoms with Gasteiger partial charge in [-0.3, -0.25) is 0 Å². The molecule has 0 bridgehead atoms. The zero-order valence-electron chi connectivity index (χ0n) is 10.9. The minimum atomic E-state index is 0.515. The molecule has 0 radical (unpaired) electrons. The third kappa shape index (κ3) is 3.85. The van der Waals surface area contributed by atoms with E-state index < -0.39 is 0 Å². The van der Waals surface area contributed by atoms with Crippen molar-refractivity contribution in [3.05, 3.63) is 12.4 Å². The molecular formula is C12H24N4. The van der Waals surface area contributed by atoms with E-state index in [1.54, 1.807) is 0 Å². The summed E-state index contributed by atoms with van der Waals surface area (Å²) in [6, 6.07) is 0.515. The van der Waals surface area contributed by atoms with Gasteiger partial charge in [0, 0.05) is 31.5 Å². The largest absolute Gasteiger partial charge is 0.356 e. The maximum absolute atomic E-state index is 4.33. The van der Waals surface area contributed by atoms with Crippen LogP contribution in [0.5, 0.6) is 0 Å². The zero-order valence-corrected chi connectivity index (χ0v) is 10.9. The Labute approximate surface area is 98.7 Å². The van der Waals surface area contributed by atoms with Crippen LogP contribution in [0, 0.1) is 0 Å². The van der Waals surface area contributed by atoms with Crippen LogP contribution in [0.3, 0.4) is 0 Å². The summed E-state index contributed by atoms with van der Waals surface area (Å²) in [5.74, 6) is 0.988. The minimum Gasteiger partial charge on any atom is -0.356 e. The molecule has 1 rings (SSSR count). The van der Waals surface area contributed by atoms with Gasteiger partial charge in [-0.1, -0.05) is 13.3 Å². The van der Waals surface area contributed by atoms with E-state index in [4.69, 9.17) is 0 Å². The third-order valence-corrected chi connectivity index (χ3v) is 2.87. The number of nitrogens with one attached hydrogen (secondary N) is 1. The standard InChI is InChI=1S/C12H24N4/c1-5-6-7-13-12-14-8-9-16(12)10-11(2)15(3)4/h8-9,11H,5-7,10H2,1-4H3,(H,13,14). The van der Waals surface area contributed by atoms with Crippen LogP contribution in [0.4, 0.5) is 5.95 Å². The smallest absolute Gasteiger partial charge is 0.202 e. The van der Waals surface area contributed by atoms with Crippen molar-refractivity contribution in [2.24, 2.45) is 0 Å². The molecule has 0 aliphatic carbocycles. The Kier molecular flexibility index (Phi) is 5.32. The lowest BCUT2D eigenvalue weighted by molar-refractivity contribution is 0.285. The summed E-state index contributed by atoms with van der Waals surface area (Å²) in [7, 11) is 4.21. The van der Waals surface area contributed by atoms with Gasteiger partial charge >= 0.3 is 0 Å². The van der Waals surface area contributed by atoms with Gasteiger partial charge in [-0.15, -0.1) is 0 Å². The van der Waals surface area contributed by atoms with E-state index in [2.05, 4.69) is 47.7 Å². The van der Waals surface area contributed by atoms with Crippen molar-refractivity contribution in [1.82, 2.24) is 14.5 Å². The molecule has 1 heterocycles. The summed E-state index contributed by atoms with van der Waals surface area (Å²) in [6.07, 6.45) is 6.29. The number of hydrogen-bond acceptors (Lipinski definition) is 3. The van der Waals surface area contributed by atoms with E-state index in [9.17, 15) is 0 Å². The molecule has 0 saturated carbocycles. The van der Waals surface area contributed by atoms with Crippen LogP contribution in [0.15, 0.2) is 12.4 Å². The van der Waals surface area contributed by atoms with Crippen molar-refractivity contribution >= 4 is 5.95 Å². The SMILES string of the molecule is CCCCNc1nccn1CC(C)N(C)C. The van der Waals surface area contributed by atoms with Crippen LogP contribution in [0.2, 0.25) is 0 Å². The highest BCUT2D eigenvalue weighted by molar-refractivity contribution is 5.25. The molecule has 0 aromatic carbocycles. The second-order valence-electron chi connectivity index (χ2n) is 4.50. The first-order chi connectivity index (χ1) is 7.65. The van der Waals surface area contributed by atoms with Gasteiger partial charge in [0.2, 0.25) is 5.95 Å². The van der Waals surface area contributed by atoms with Crippen molar-refractivity contribution in [3.63, 3.8) is 0 Å². The predicted molar refractivity (Wildman–Crippen MR) is 68.8 cm³/mol. The Morgan fingerprint density at radius 1 is 1.50 bits per heavy atom. The molecule has 0 aliphatic rings. The van der Waals surface area contributed by atoms with Crippen molar-refractivity contribution in [3.8, 4) is 0 Å². The molecule has 4 heteroatoms. The van der Waals surface area contributed by atoms with E-state index >= 15 is 0 Å². The minimum absolute atomic E-state index is 0.515. The van der Waals surface area contributed by atoms with Crippen LogP contribution in [0.1, 0.15) is 26.7 Å². The van der Waals surface area contributed by atoms with E-state index in [-0.39, 0.29) is 0 Å². The topological polar surface area (TPSA) is 33.1 Å². The van der Waals surface area contributed by atoms with Crippen LogP contribution in [0.25, 0.3) is 0 Å². The first kappa shape index (κ1) is 13.0. The van der Waals surface area contributed by atoms with Gasteiger partial charge in [0.25, 0.3) is 0 Å². The summed E-state index contributed by atoms with van der Waals surface area (Å²) < 4.78 is 2.18. The Morgan fingerprint density at radius 2 is 2.25 bits per heavy atom. The highest BCUT2D eigenvalue weighted by Gasteiger charge is 2.08. The Bertz CT molecular complexity index is 293. The number of anilines is 1. The van der Waals surface area contributed by atoms with Gasteiger partial charge in [-0.25, -0.2) is 4.98 Å². The van der Waals surface area contributed by atoms with E-state index in [0.29, 0.717) is 6.04 Å². The van der Waals surface area contributed by atoms with Crippen molar-refractivity contribution in [2.75, 3.05) is 26.0 Å². The second-order valence-corrected chi connectivity index (χ2v) is 4.50. The summed E-state index contributed by atoms with van der Waals surface area (Å²) in [5.41, 5.74) is 0. The molecule has 92 valence electrons. The van der Waals surface area contributed by atoms with Gasteiger partial charge in [0.15, 0.2) is 0 Å². The maximum Gasteiger partial charge on any atom is 0.202 e. The zero-order chi connectivity index (χ0) is 12.0. The highest BCUT2D eigenvalue weighted by atomic mass is 15.2. The first-order valence-corrected chi connectivity index (χ1v) is 6.06. The van der Waals surface area contributed by atoms with Gasteiger partial charge in [-0.2, -0.15) is 0 Å². The van der Waals surface area contributed by atoms with Crippen molar-refractivity contribution in [2.45, 2.75) is 39.3 Å². The summed E-state index contributed by atoms with van der Waals surface area (Å²) in [5, 5.41) is 3.37. The fourth-order valence-corrected chi connectivity index (χ4v) is 1.45. The molecular weight excluding hydrogens is 200 g/mol. The molecule has 16 heavy (non-hydrogen) atoms. The fraction of sp³-hybridized carbons (Fsp3) is 0.750. The number of likely N-dealkylation sites (N-methyl/N-ethyl adjacent to an activating group) is 1. The van der Waals surface area contributed by atoms with Crippen molar-refractivity contribution in [1.29, 1.82) is 0 Å². The lowest BCUT2D eigenvalue weighted by atomic mass is 10.3. The second kappa shape index (κ2) is 6.53. The first-order valence-electron chi connectivity index (χ1n) is 6.06. The molecule has 1 atom stereocenters. The van der Waals surface area contributed by atoms with Gasteiger partial charge in [-0.05, 0) is 27.4 Å². The van der Waals surface area contributed by atoms with Gasteiger partial charge in [0.05, 0.1) is 0 Å². The Balaban J connectivity index is 2.50. The van der Waals surface area contributed by atoms with Crippen LogP contribution in [-0.4, -0.2) is 41.1 Å². The van der Waals surface area contributed by atoms with E-state index in [1.807, 2.05) is 12.4 Å². The number of rotatable bonds is 7. The fourth-order valence-electron chi connectivity index (χ4n) is 1.45. The lowest BCUT2D eigenvalue weighted by Gasteiger charge is -2.21. The average Bonchev–Trinajstić information content (AvgIpc) is 2.66. The van der Waals surface area contributed by atoms with Gasteiger partial charge < -0.3 is 14.8 Å². The van der Waals surface area contributed by atoms with Gasteiger partial charge in [0.1, 0.15) is 0 Å². The molecule has 0 fully saturated rings.